The lowest BCUT2D eigenvalue weighted by Gasteiger charge is -2.54. The molecule has 2 saturated heterocycles. The molecular weight excluding hydrogens is 576 g/mol. The minimum absolute atomic E-state index is 0.545. The standard InChI is InChI=1S/C30H52Br2N2Si/c1-15-11-21-17(3)19-7-9-27(31)33-25(19)13-23(21)29(15)35(5,6)30-16(2)12-22-18(4)20-8-10-28(32)34-26(20)14-24(22)30/h15-30,33-34H,7-14H2,1-6H3. The average Bonchev–Trinajstić information content (AvgIpc) is 3.30. The summed E-state index contributed by atoms with van der Waals surface area (Å²) in [5.74, 6) is 9.48. The van der Waals surface area contributed by atoms with E-state index in [1.807, 2.05) is 0 Å². The van der Waals surface area contributed by atoms with Crippen LogP contribution >= 0.6 is 31.9 Å². The fourth-order valence-electron chi connectivity index (χ4n) is 12.4. The van der Waals surface area contributed by atoms with E-state index in [4.69, 9.17) is 0 Å². The number of hydrogen-bond acceptors (Lipinski definition) is 2. The van der Waals surface area contributed by atoms with Crippen molar-refractivity contribution in [1.82, 2.24) is 10.6 Å². The predicted molar refractivity (Wildman–Crippen MR) is 159 cm³/mol. The van der Waals surface area contributed by atoms with Crippen molar-refractivity contribution in [3.63, 3.8) is 0 Å². The Morgan fingerprint density at radius 3 is 1.34 bits per heavy atom. The second kappa shape index (κ2) is 9.63. The van der Waals surface area contributed by atoms with E-state index in [-0.39, 0.29) is 0 Å². The number of rotatable bonds is 2. The summed E-state index contributed by atoms with van der Waals surface area (Å²) < 4.78 is 0. The van der Waals surface area contributed by atoms with Gasteiger partial charge in [0.1, 0.15) is 0 Å². The molecule has 4 saturated carbocycles. The van der Waals surface area contributed by atoms with Gasteiger partial charge in [0.25, 0.3) is 0 Å². The highest BCUT2D eigenvalue weighted by atomic mass is 79.9. The van der Waals surface area contributed by atoms with Gasteiger partial charge in [-0.2, -0.15) is 0 Å². The van der Waals surface area contributed by atoms with Crippen LogP contribution in [0.1, 0.15) is 79.1 Å². The maximum Gasteiger partial charge on any atom is 0.0632 e. The second-order valence-corrected chi connectivity index (χ2v) is 22.3. The molecule has 0 spiro atoms. The maximum absolute atomic E-state index is 4.03. The van der Waals surface area contributed by atoms with Crippen molar-refractivity contribution in [3.8, 4) is 0 Å². The molecule has 16 unspecified atom stereocenters. The van der Waals surface area contributed by atoms with Crippen molar-refractivity contribution >= 4 is 39.9 Å². The maximum atomic E-state index is 4.03. The Morgan fingerprint density at radius 2 is 0.943 bits per heavy atom. The monoisotopic (exact) mass is 626 g/mol. The van der Waals surface area contributed by atoms with E-state index in [2.05, 4.69) is 83.3 Å². The Hall–Kier alpha value is 1.10. The third kappa shape index (κ3) is 4.25. The lowest BCUT2D eigenvalue weighted by atomic mass is 9.64. The summed E-state index contributed by atoms with van der Waals surface area (Å²) in [7, 11) is -1.47. The highest BCUT2D eigenvalue weighted by Crippen LogP contribution is 2.67. The van der Waals surface area contributed by atoms with E-state index in [1.54, 1.807) is 0 Å². The number of halogens is 2. The molecule has 200 valence electrons. The van der Waals surface area contributed by atoms with Crippen LogP contribution in [0.3, 0.4) is 0 Å². The molecule has 5 heteroatoms. The number of hydrogen-bond donors (Lipinski definition) is 2. The molecule has 6 aliphatic rings. The quantitative estimate of drug-likeness (QED) is 0.183. The smallest absolute Gasteiger partial charge is 0.0632 e. The van der Waals surface area contributed by atoms with Crippen molar-refractivity contribution < 1.29 is 0 Å². The van der Waals surface area contributed by atoms with Crippen molar-refractivity contribution in [2.75, 3.05) is 0 Å². The van der Waals surface area contributed by atoms with Gasteiger partial charge in [-0.05, 0) is 122 Å². The van der Waals surface area contributed by atoms with Gasteiger partial charge in [0.05, 0.1) is 18.0 Å². The summed E-state index contributed by atoms with van der Waals surface area (Å²) in [5, 5.41) is 8.06. The highest BCUT2D eigenvalue weighted by molar-refractivity contribution is 9.09. The van der Waals surface area contributed by atoms with Crippen molar-refractivity contribution in [2.45, 2.75) is 125 Å². The molecule has 0 bridgehead atoms. The normalized spacial score (nSPS) is 58.3. The average molecular weight is 629 g/mol. The fourth-order valence-corrected chi connectivity index (χ4v) is 20.3. The van der Waals surface area contributed by atoms with Crippen LogP contribution in [0.5, 0.6) is 0 Å². The summed E-state index contributed by atoms with van der Waals surface area (Å²) in [5.41, 5.74) is 2.05. The van der Waals surface area contributed by atoms with Crippen LogP contribution in [-0.2, 0) is 0 Å². The van der Waals surface area contributed by atoms with Gasteiger partial charge in [-0.3, -0.25) is 0 Å². The van der Waals surface area contributed by atoms with Gasteiger partial charge in [-0.25, -0.2) is 0 Å². The molecule has 4 aliphatic carbocycles. The SMILES string of the molecule is CC1CC2C(C)C3CCC(Br)NC3CC2C1[Si](C)(C)C1C(C)CC2C(C)C3CCC(Br)NC3CC21. The number of piperidine rings is 2. The molecule has 0 radical (unpaired) electrons. The van der Waals surface area contributed by atoms with E-state index >= 15 is 0 Å². The second-order valence-electron chi connectivity index (χ2n) is 15.1. The number of alkyl halides is 2. The largest absolute Gasteiger partial charge is 0.302 e. The molecule has 16 atom stereocenters. The van der Waals surface area contributed by atoms with Gasteiger partial charge >= 0.3 is 0 Å². The van der Waals surface area contributed by atoms with Crippen molar-refractivity contribution in [1.29, 1.82) is 0 Å². The number of nitrogens with one attached hydrogen (secondary N) is 2. The molecule has 35 heavy (non-hydrogen) atoms. The first kappa shape index (κ1) is 26.3. The molecule has 6 fully saturated rings. The number of fused-ring (bicyclic) bond motifs is 4. The van der Waals surface area contributed by atoms with Crippen LogP contribution in [0, 0.1) is 59.2 Å². The Balaban J connectivity index is 1.27. The zero-order chi connectivity index (χ0) is 24.8. The fraction of sp³-hybridized carbons (Fsp3) is 1.00. The van der Waals surface area contributed by atoms with Crippen molar-refractivity contribution in [2.24, 2.45) is 59.2 Å². The van der Waals surface area contributed by atoms with Crippen LogP contribution in [0.2, 0.25) is 24.2 Å². The van der Waals surface area contributed by atoms with Crippen LogP contribution < -0.4 is 10.6 Å². The lowest BCUT2D eigenvalue weighted by Crippen LogP contribution is -2.56. The minimum atomic E-state index is -1.47. The van der Waals surface area contributed by atoms with E-state index in [0.717, 1.165) is 82.3 Å². The molecule has 2 heterocycles. The third-order valence-corrected chi connectivity index (χ3v) is 20.2. The Bertz CT molecular complexity index is 726. The van der Waals surface area contributed by atoms with Gasteiger partial charge < -0.3 is 10.6 Å². The molecule has 0 aromatic carbocycles. The zero-order valence-corrected chi connectivity index (χ0v) is 27.3. The summed E-state index contributed by atoms with van der Waals surface area (Å²) in [4.78, 5) is 1.09. The van der Waals surface area contributed by atoms with Crippen LogP contribution in [0.25, 0.3) is 0 Å². The predicted octanol–water partition coefficient (Wildman–Crippen LogP) is 8.24. The lowest BCUT2D eigenvalue weighted by molar-refractivity contribution is 0.0563. The molecule has 2 N–H and O–H groups in total. The molecule has 2 nitrogen and oxygen atoms in total. The zero-order valence-electron chi connectivity index (χ0n) is 23.2. The van der Waals surface area contributed by atoms with E-state index in [9.17, 15) is 0 Å². The Labute approximate surface area is 234 Å². The summed E-state index contributed by atoms with van der Waals surface area (Å²) >= 11 is 7.87. The molecule has 6 rings (SSSR count). The van der Waals surface area contributed by atoms with Crippen LogP contribution in [-0.4, -0.2) is 30.1 Å². The van der Waals surface area contributed by atoms with Gasteiger partial charge in [0.2, 0.25) is 0 Å². The summed E-state index contributed by atoms with van der Waals surface area (Å²) in [6.07, 6.45) is 11.5. The Morgan fingerprint density at radius 1 is 0.543 bits per heavy atom. The first-order chi connectivity index (χ1) is 16.6. The van der Waals surface area contributed by atoms with Gasteiger partial charge in [-0.1, -0.05) is 72.6 Å². The third-order valence-electron chi connectivity index (χ3n) is 13.3. The van der Waals surface area contributed by atoms with E-state index in [0.29, 0.717) is 9.90 Å². The minimum Gasteiger partial charge on any atom is -0.302 e. The first-order valence-corrected chi connectivity index (χ1v) is 20.4. The van der Waals surface area contributed by atoms with Crippen molar-refractivity contribution in [3.05, 3.63) is 0 Å². The van der Waals surface area contributed by atoms with Crippen LogP contribution in [0.15, 0.2) is 0 Å². The molecule has 2 aliphatic heterocycles. The highest BCUT2D eigenvalue weighted by Gasteiger charge is 2.62. The molecule has 0 aromatic heterocycles. The van der Waals surface area contributed by atoms with E-state index < -0.39 is 8.07 Å². The molecule has 0 amide bonds. The van der Waals surface area contributed by atoms with Gasteiger partial charge in [-0.15, -0.1) is 0 Å². The first-order valence-electron chi connectivity index (χ1n) is 15.4. The van der Waals surface area contributed by atoms with Gasteiger partial charge in [0.15, 0.2) is 0 Å². The van der Waals surface area contributed by atoms with Crippen LogP contribution in [0.4, 0.5) is 0 Å². The topological polar surface area (TPSA) is 24.1 Å². The summed E-state index contributed by atoms with van der Waals surface area (Å²) in [6, 6.07) is 1.52. The molecular formula is C30H52Br2N2Si. The van der Waals surface area contributed by atoms with E-state index in [1.165, 1.54) is 51.4 Å². The van der Waals surface area contributed by atoms with Gasteiger partial charge in [0, 0.05) is 12.1 Å². The molecule has 0 aromatic rings. The summed E-state index contributed by atoms with van der Waals surface area (Å²) in [6.45, 7) is 16.4. The Kier molecular flexibility index (Phi) is 7.24.